The maximum Gasteiger partial charge on any atom is 0.0804 e. The van der Waals surface area contributed by atoms with Crippen LogP contribution in [0, 0.1) is 5.41 Å². The highest BCUT2D eigenvalue weighted by Crippen LogP contribution is 2.21. The van der Waals surface area contributed by atoms with Gasteiger partial charge in [-0.15, -0.1) is 0 Å². The first-order valence-electron chi connectivity index (χ1n) is 5.24. The van der Waals surface area contributed by atoms with Crippen molar-refractivity contribution < 1.29 is 0 Å². The molecule has 0 unspecified atom stereocenters. The summed E-state index contributed by atoms with van der Waals surface area (Å²) in [5.74, 6) is 0. The van der Waals surface area contributed by atoms with E-state index >= 15 is 0 Å². The molecular weight excluding hydrogens is 186 g/mol. The topological polar surface area (TPSA) is 64.1 Å². The molecule has 0 saturated carbocycles. The molecule has 0 aromatic heterocycles. The van der Waals surface area contributed by atoms with Crippen LogP contribution in [0.5, 0.6) is 0 Å². The van der Waals surface area contributed by atoms with Gasteiger partial charge < -0.3 is 16.8 Å². The standard InChI is InChI=1S/C12H21N3/c1-12(2,3)8-15-10-7-5-4-6-9(10)11(13)14/h4-7,11,15H,8,13-14H2,1-3H3. The first-order chi connectivity index (χ1) is 6.90. The predicted molar refractivity (Wildman–Crippen MR) is 65.5 cm³/mol. The first-order valence-corrected chi connectivity index (χ1v) is 5.24. The average Bonchev–Trinajstić information content (AvgIpc) is 2.14. The molecule has 1 aromatic carbocycles. The number of nitrogens with one attached hydrogen (secondary N) is 1. The number of hydrogen-bond donors (Lipinski definition) is 3. The molecule has 0 aliphatic heterocycles. The molecule has 15 heavy (non-hydrogen) atoms. The third-order valence-electron chi connectivity index (χ3n) is 2.13. The summed E-state index contributed by atoms with van der Waals surface area (Å²) in [5, 5.41) is 3.37. The lowest BCUT2D eigenvalue weighted by molar-refractivity contribution is 0.443. The fourth-order valence-corrected chi connectivity index (χ4v) is 1.31. The van der Waals surface area contributed by atoms with Crippen LogP contribution >= 0.6 is 0 Å². The summed E-state index contributed by atoms with van der Waals surface area (Å²) in [7, 11) is 0. The summed E-state index contributed by atoms with van der Waals surface area (Å²) >= 11 is 0. The van der Waals surface area contributed by atoms with E-state index in [4.69, 9.17) is 11.5 Å². The van der Waals surface area contributed by atoms with Crippen LogP contribution in [0.1, 0.15) is 32.5 Å². The minimum atomic E-state index is -0.423. The molecule has 1 aromatic rings. The highest BCUT2D eigenvalue weighted by Gasteiger charge is 2.11. The van der Waals surface area contributed by atoms with Crippen LogP contribution in [0.4, 0.5) is 5.69 Å². The Kier molecular flexibility index (Phi) is 3.72. The monoisotopic (exact) mass is 207 g/mol. The van der Waals surface area contributed by atoms with E-state index in [0.29, 0.717) is 0 Å². The van der Waals surface area contributed by atoms with E-state index in [1.807, 2.05) is 24.3 Å². The van der Waals surface area contributed by atoms with Gasteiger partial charge in [0.1, 0.15) is 0 Å². The van der Waals surface area contributed by atoms with Gasteiger partial charge in [-0.1, -0.05) is 39.0 Å². The number of anilines is 1. The molecule has 84 valence electrons. The zero-order chi connectivity index (χ0) is 11.5. The lowest BCUT2D eigenvalue weighted by Crippen LogP contribution is -2.24. The number of para-hydroxylation sites is 1. The number of hydrogen-bond acceptors (Lipinski definition) is 3. The van der Waals surface area contributed by atoms with E-state index in [2.05, 4.69) is 26.1 Å². The summed E-state index contributed by atoms with van der Waals surface area (Å²) in [4.78, 5) is 0. The molecule has 0 radical (unpaired) electrons. The quantitative estimate of drug-likeness (QED) is 0.665. The van der Waals surface area contributed by atoms with E-state index in [1.54, 1.807) is 0 Å². The van der Waals surface area contributed by atoms with Crippen LogP contribution in [-0.4, -0.2) is 6.54 Å². The second-order valence-electron chi connectivity index (χ2n) is 5.03. The fraction of sp³-hybridized carbons (Fsp3) is 0.500. The smallest absolute Gasteiger partial charge is 0.0804 e. The van der Waals surface area contributed by atoms with E-state index in [1.165, 1.54) is 0 Å². The van der Waals surface area contributed by atoms with Crippen LogP contribution in [0.15, 0.2) is 24.3 Å². The second-order valence-corrected chi connectivity index (χ2v) is 5.03. The molecule has 0 aliphatic carbocycles. The third kappa shape index (κ3) is 3.90. The molecule has 0 bridgehead atoms. The summed E-state index contributed by atoms with van der Waals surface area (Å²) in [5.41, 5.74) is 13.6. The van der Waals surface area contributed by atoms with Crippen molar-refractivity contribution in [1.82, 2.24) is 0 Å². The minimum Gasteiger partial charge on any atom is -0.384 e. The Balaban J connectivity index is 2.76. The van der Waals surface area contributed by atoms with Crippen molar-refractivity contribution in [2.45, 2.75) is 26.9 Å². The van der Waals surface area contributed by atoms with E-state index in [9.17, 15) is 0 Å². The average molecular weight is 207 g/mol. The molecule has 0 aliphatic rings. The maximum absolute atomic E-state index is 5.69. The highest BCUT2D eigenvalue weighted by atomic mass is 14.9. The molecule has 0 heterocycles. The van der Waals surface area contributed by atoms with Gasteiger partial charge in [-0.3, -0.25) is 0 Å². The Morgan fingerprint density at radius 2 is 1.80 bits per heavy atom. The van der Waals surface area contributed by atoms with Crippen LogP contribution in [0.25, 0.3) is 0 Å². The van der Waals surface area contributed by atoms with E-state index in [0.717, 1.165) is 17.8 Å². The molecule has 3 heteroatoms. The van der Waals surface area contributed by atoms with Crippen molar-refractivity contribution in [3.05, 3.63) is 29.8 Å². The van der Waals surface area contributed by atoms with Gasteiger partial charge in [-0.25, -0.2) is 0 Å². The van der Waals surface area contributed by atoms with Crippen molar-refractivity contribution in [3.63, 3.8) is 0 Å². The molecule has 1 rings (SSSR count). The molecule has 0 amide bonds. The number of rotatable bonds is 3. The Morgan fingerprint density at radius 1 is 1.20 bits per heavy atom. The molecule has 3 nitrogen and oxygen atoms in total. The van der Waals surface area contributed by atoms with Gasteiger partial charge in [0.15, 0.2) is 0 Å². The van der Waals surface area contributed by atoms with Crippen LogP contribution in [0.2, 0.25) is 0 Å². The third-order valence-corrected chi connectivity index (χ3v) is 2.13. The van der Waals surface area contributed by atoms with Crippen molar-refractivity contribution in [1.29, 1.82) is 0 Å². The summed E-state index contributed by atoms with van der Waals surface area (Å²) in [6, 6.07) is 7.89. The van der Waals surface area contributed by atoms with E-state index in [-0.39, 0.29) is 5.41 Å². The molecular formula is C12H21N3. The molecule has 5 N–H and O–H groups in total. The van der Waals surface area contributed by atoms with Crippen molar-refractivity contribution >= 4 is 5.69 Å². The largest absolute Gasteiger partial charge is 0.384 e. The van der Waals surface area contributed by atoms with Gasteiger partial charge in [0.05, 0.1) is 6.17 Å². The SMILES string of the molecule is CC(C)(C)CNc1ccccc1C(N)N. The lowest BCUT2D eigenvalue weighted by Gasteiger charge is -2.22. The molecule has 0 fully saturated rings. The van der Waals surface area contributed by atoms with Gasteiger partial charge in [0, 0.05) is 17.8 Å². The molecule has 0 atom stereocenters. The Morgan fingerprint density at radius 3 is 2.33 bits per heavy atom. The van der Waals surface area contributed by atoms with Gasteiger partial charge >= 0.3 is 0 Å². The molecule has 0 spiro atoms. The van der Waals surface area contributed by atoms with E-state index < -0.39 is 6.17 Å². The fourth-order valence-electron chi connectivity index (χ4n) is 1.31. The molecule has 0 saturated heterocycles. The highest BCUT2D eigenvalue weighted by molar-refractivity contribution is 5.52. The Labute approximate surface area is 91.9 Å². The van der Waals surface area contributed by atoms with Gasteiger partial charge in [0.2, 0.25) is 0 Å². The number of nitrogens with two attached hydrogens (primary N) is 2. The van der Waals surface area contributed by atoms with Crippen molar-refractivity contribution in [2.24, 2.45) is 16.9 Å². The van der Waals surface area contributed by atoms with Gasteiger partial charge in [0.25, 0.3) is 0 Å². The Hall–Kier alpha value is -1.06. The zero-order valence-corrected chi connectivity index (χ0v) is 9.75. The van der Waals surface area contributed by atoms with Crippen LogP contribution in [-0.2, 0) is 0 Å². The minimum absolute atomic E-state index is 0.242. The summed E-state index contributed by atoms with van der Waals surface area (Å²) in [6.45, 7) is 7.46. The first kappa shape index (κ1) is 12.0. The summed E-state index contributed by atoms with van der Waals surface area (Å²) in [6.07, 6.45) is -0.423. The summed E-state index contributed by atoms with van der Waals surface area (Å²) < 4.78 is 0. The van der Waals surface area contributed by atoms with Crippen molar-refractivity contribution in [2.75, 3.05) is 11.9 Å². The number of benzene rings is 1. The van der Waals surface area contributed by atoms with Gasteiger partial charge in [-0.05, 0) is 11.5 Å². The normalized spacial score (nSPS) is 11.9. The second kappa shape index (κ2) is 4.64. The predicted octanol–water partition coefficient (Wildman–Crippen LogP) is 2.06. The Bertz CT molecular complexity index is 313. The lowest BCUT2D eigenvalue weighted by atomic mass is 9.96. The zero-order valence-electron chi connectivity index (χ0n) is 9.75. The van der Waals surface area contributed by atoms with Crippen LogP contribution in [0.3, 0.4) is 0 Å². The van der Waals surface area contributed by atoms with Crippen molar-refractivity contribution in [3.8, 4) is 0 Å². The van der Waals surface area contributed by atoms with Crippen LogP contribution < -0.4 is 16.8 Å². The maximum atomic E-state index is 5.69. The van der Waals surface area contributed by atoms with Gasteiger partial charge in [-0.2, -0.15) is 0 Å².